The molecule has 19 heavy (non-hydrogen) atoms. The van der Waals surface area contributed by atoms with E-state index in [1.54, 1.807) is 7.05 Å². The quantitative estimate of drug-likeness (QED) is 0.721. The van der Waals surface area contributed by atoms with Gasteiger partial charge in [-0.05, 0) is 53.7 Å². The van der Waals surface area contributed by atoms with Gasteiger partial charge in [0, 0.05) is 7.05 Å². The zero-order valence-electron chi connectivity index (χ0n) is 10.5. The molecule has 8 heteroatoms. The van der Waals surface area contributed by atoms with Crippen LogP contribution in [-0.4, -0.2) is 29.8 Å². The summed E-state index contributed by atoms with van der Waals surface area (Å²) in [7, 11) is 1.59. The van der Waals surface area contributed by atoms with Gasteiger partial charge in [-0.25, -0.2) is 0 Å². The summed E-state index contributed by atoms with van der Waals surface area (Å²) in [6.07, 6.45) is 0. The summed E-state index contributed by atoms with van der Waals surface area (Å²) in [6.45, 7) is 3.71. The average Bonchev–Trinajstić information content (AvgIpc) is 2.55. The number of rotatable bonds is 4. The molecule has 4 nitrogen and oxygen atoms in total. The van der Waals surface area contributed by atoms with Gasteiger partial charge >= 0.3 is 0 Å². The van der Waals surface area contributed by atoms with Crippen LogP contribution in [0, 0.1) is 5.92 Å². The van der Waals surface area contributed by atoms with Crippen molar-refractivity contribution in [3.63, 3.8) is 0 Å². The Morgan fingerprint density at radius 1 is 1.21 bits per heavy atom. The zero-order chi connectivity index (χ0) is 14.9. The van der Waals surface area contributed by atoms with Crippen LogP contribution in [-0.2, 0) is 4.79 Å². The number of carbonyl (C=O) groups is 2. The van der Waals surface area contributed by atoms with Crippen molar-refractivity contribution in [2.75, 3.05) is 7.05 Å². The number of thiophene rings is 1. The summed E-state index contributed by atoms with van der Waals surface area (Å²) in [5.74, 6) is -0.783. The van der Waals surface area contributed by atoms with E-state index in [-0.39, 0.29) is 11.8 Å². The molecule has 2 N–H and O–H groups in total. The lowest BCUT2D eigenvalue weighted by molar-refractivity contribution is -0.123. The number of primary amides is 1. The van der Waals surface area contributed by atoms with Crippen LogP contribution in [0.15, 0.2) is 12.7 Å². The molecular weight excluding hydrogens is 464 g/mol. The Morgan fingerprint density at radius 2 is 1.74 bits per heavy atom. The topological polar surface area (TPSA) is 63.4 Å². The molecule has 0 saturated carbocycles. The second-order valence-electron chi connectivity index (χ2n) is 4.34. The number of likely N-dealkylation sites (N-methyl/N-ethyl adjacent to an activating group) is 1. The van der Waals surface area contributed by atoms with Gasteiger partial charge in [0.2, 0.25) is 5.91 Å². The number of halogens is 3. The molecule has 0 bridgehead atoms. The summed E-state index contributed by atoms with van der Waals surface area (Å²) in [6, 6.07) is -0.626. The number of hydrogen-bond donors (Lipinski definition) is 1. The lowest BCUT2D eigenvalue weighted by Crippen LogP contribution is -2.48. The monoisotopic (exact) mass is 474 g/mol. The molecular formula is C11H13Br3N2O2S. The third kappa shape index (κ3) is 3.59. The summed E-state index contributed by atoms with van der Waals surface area (Å²) < 4.78 is 2.28. The fourth-order valence-corrected chi connectivity index (χ4v) is 4.81. The lowest BCUT2D eigenvalue weighted by Gasteiger charge is -2.28. The summed E-state index contributed by atoms with van der Waals surface area (Å²) >= 11 is 11.4. The molecule has 0 fully saturated rings. The second-order valence-corrected chi connectivity index (χ2v) is 8.26. The normalized spacial score (nSPS) is 12.6. The van der Waals surface area contributed by atoms with Crippen molar-refractivity contribution in [1.29, 1.82) is 0 Å². The Labute approximate surface area is 141 Å². The highest BCUT2D eigenvalue weighted by atomic mass is 79.9. The van der Waals surface area contributed by atoms with E-state index >= 15 is 0 Å². The largest absolute Gasteiger partial charge is 0.368 e. The molecule has 106 valence electrons. The average molecular weight is 477 g/mol. The van der Waals surface area contributed by atoms with Crippen molar-refractivity contribution in [3.05, 3.63) is 17.6 Å². The first-order chi connectivity index (χ1) is 8.68. The van der Waals surface area contributed by atoms with Crippen LogP contribution in [0.3, 0.4) is 0 Å². The fourth-order valence-electron chi connectivity index (χ4n) is 1.76. The van der Waals surface area contributed by atoms with Gasteiger partial charge in [-0.2, -0.15) is 0 Å². The number of carbonyl (C=O) groups excluding carboxylic acids is 2. The van der Waals surface area contributed by atoms with Gasteiger partial charge in [0.05, 0.1) is 12.7 Å². The van der Waals surface area contributed by atoms with E-state index in [0.717, 1.165) is 8.26 Å². The standard InChI is InChI=1S/C11H13Br3N2O2S/c1-4(2)7(10(15)17)16(3)11(18)8-5(12)6(13)9(14)19-8/h4,7H,1-3H3,(H2,15,17). The van der Waals surface area contributed by atoms with Crippen molar-refractivity contribution in [3.8, 4) is 0 Å². The number of nitrogens with zero attached hydrogens (tertiary/aromatic N) is 1. The van der Waals surface area contributed by atoms with Crippen LogP contribution in [0.5, 0.6) is 0 Å². The lowest BCUT2D eigenvalue weighted by atomic mass is 10.0. The minimum absolute atomic E-state index is 0.0444. The van der Waals surface area contributed by atoms with E-state index in [0.29, 0.717) is 9.35 Å². The minimum atomic E-state index is -0.626. The maximum atomic E-state index is 12.4. The van der Waals surface area contributed by atoms with E-state index in [1.165, 1.54) is 16.2 Å². The Morgan fingerprint density at radius 3 is 2.05 bits per heavy atom. The van der Waals surface area contributed by atoms with E-state index in [9.17, 15) is 9.59 Å². The number of hydrogen-bond acceptors (Lipinski definition) is 3. The molecule has 0 aromatic carbocycles. The molecule has 1 unspecified atom stereocenters. The Balaban J connectivity index is 3.11. The van der Waals surface area contributed by atoms with E-state index in [4.69, 9.17) is 5.73 Å². The molecule has 1 heterocycles. The molecule has 0 aliphatic rings. The minimum Gasteiger partial charge on any atom is -0.368 e. The molecule has 1 aromatic rings. The zero-order valence-corrected chi connectivity index (χ0v) is 16.1. The highest BCUT2D eigenvalue weighted by Crippen LogP contribution is 2.41. The van der Waals surface area contributed by atoms with Gasteiger partial charge in [-0.1, -0.05) is 13.8 Å². The summed E-state index contributed by atoms with van der Waals surface area (Å²) in [5, 5.41) is 0. The van der Waals surface area contributed by atoms with Crippen molar-refractivity contribution >= 4 is 70.9 Å². The van der Waals surface area contributed by atoms with Gasteiger partial charge in [-0.3, -0.25) is 9.59 Å². The van der Waals surface area contributed by atoms with E-state index < -0.39 is 11.9 Å². The fraction of sp³-hybridized carbons (Fsp3) is 0.455. The summed E-state index contributed by atoms with van der Waals surface area (Å²) in [5.41, 5.74) is 5.37. The van der Waals surface area contributed by atoms with Crippen LogP contribution in [0.4, 0.5) is 0 Å². The first kappa shape index (κ1) is 17.1. The third-order valence-electron chi connectivity index (χ3n) is 2.61. The molecule has 2 amide bonds. The van der Waals surface area contributed by atoms with Crippen LogP contribution in [0.2, 0.25) is 0 Å². The third-order valence-corrected chi connectivity index (χ3v) is 7.63. The van der Waals surface area contributed by atoms with Crippen LogP contribution in [0.1, 0.15) is 23.5 Å². The van der Waals surface area contributed by atoms with Crippen molar-refractivity contribution in [2.24, 2.45) is 11.7 Å². The summed E-state index contributed by atoms with van der Waals surface area (Å²) in [4.78, 5) is 25.8. The van der Waals surface area contributed by atoms with Crippen molar-refractivity contribution in [1.82, 2.24) is 4.90 Å². The maximum Gasteiger partial charge on any atom is 0.265 e. The molecule has 0 radical (unpaired) electrons. The van der Waals surface area contributed by atoms with Crippen molar-refractivity contribution < 1.29 is 9.59 Å². The molecule has 1 rings (SSSR count). The Kier molecular flexibility index (Phi) is 6.03. The van der Waals surface area contributed by atoms with E-state index in [1.807, 2.05) is 13.8 Å². The SMILES string of the molecule is CC(C)C(C(N)=O)N(C)C(=O)c1sc(Br)c(Br)c1Br. The molecule has 0 aliphatic carbocycles. The second kappa shape index (κ2) is 6.69. The van der Waals surface area contributed by atoms with Gasteiger partial charge in [0.15, 0.2) is 0 Å². The molecule has 1 atom stereocenters. The van der Waals surface area contributed by atoms with Gasteiger partial charge in [0.25, 0.3) is 5.91 Å². The first-order valence-electron chi connectivity index (χ1n) is 5.38. The van der Waals surface area contributed by atoms with Crippen molar-refractivity contribution in [2.45, 2.75) is 19.9 Å². The molecule has 1 aromatic heterocycles. The molecule has 0 saturated heterocycles. The Hall–Kier alpha value is 0.0800. The molecule has 0 spiro atoms. The maximum absolute atomic E-state index is 12.4. The highest BCUT2D eigenvalue weighted by Gasteiger charge is 2.31. The van der Waals surface area contributed by atoms with Gasteiger partial charge < -0.3 is 10.6 Å². The molecule has 0 aliphatic heterocycles. The highest BCUT2D eigenvalue weighted by molar-refractivity contribution is 9.14. The van der Waals surface area contributed by atoms with Crippen LogP contribution < -0.4 is 5.73 Å². The van der Waals surface area contributed by atoms with E-state index in [2.05, 4.69) is 47.8 Å². The van der Waals surface area contributed by atoms with Gasteiger partial charge in [0.1, 0.15) is 10.9 Å². The predicted molar refractivity (Wildman–Crippen MR) is 87.3 cm³/mol. The predicted octanol–water partition coefficient (Wildman–Crippen LogP) is 3.62. The van der Waals surface area contributed by atoms with Crippen LogP contribution >= 0.6 is 59.1 Å². The smallest absolute Gasteiger partial charge is 0.265 e. The number of amides is 2. The first-order valence-corrected chi connectivity index (χ1v) is 8.57. The Bertz CT molecular complexity index is 516. The number of nitrogens with two attached hydrogens (primary N) is 1. The van der Waals surface area contributed by atoms with Crippen LogP contribution in [0.25, 0.3) is 0 Å². The van der Waals surface area contributed by atoms with Gasteiger partial charge in [-0.15, -0.1) is 11.3 Å².